The molecule has 0 aliphatic rings. The van der Waals surface area contributed by atoms with Crippen molar-refractivity contribution in [1.29, 1.82) is 0 Å². The average molecular weight is 757 g/mol. The number of hydrogen-bond acceptors (Lipinski definition) is 4. The Hall–Kier alpha value is -7.47. The van der Waals surface area contributed by atoms with Gasteiger partial charge in [0, 0.05) is 59.6 Å². The number of rotatable bonds is 5. The Morgan fingerprint density at radius 1 is 0.397 bits per heavy atom. The van der Waals surface area contributed by atoms with Crippen molar-refractivity contribution in [2.45, 2.75) is 0 Å². The summed E-state index contributed by atoms with van der Waals surface area (Å²) in [6.07, 6.45) is 0. The van der Waals surface area contributed by atoms with Gasteiger partial charge in [-0.05, 0) is 53.2 Å². The largest absolute Gasteiger partial charge is 0.309 e. The van der Waals surface area contributed by atoms with Crippen molar-refractivity contribution in [2.75, 3.05) is 0 Å². The highest BCUT2D eigenvalue weighted by molar-refractivity contribution is 7.26. The molecule has 0 N–H and O–H groups in total. The Labute approximate surface area is 338 Å². The van der Waals surface area contributed by atoms with Crippen LogP contribution in [0.1, 0.15) is 0 Å². The molecule has 0 radical (unpaired) electrons. The van der Waals surface area contributed by atoms with Gasteiger partial charge in [-0.1, -0.05) is 152 Å². The predicted molar refractivity (Wildman–Crippen MR) is 244 cm³/mol. The summed E-state index contributed by atoms with van der Waals surface area (Å²) in [5, 5.41) is 8.44. The van der Waals surface area contributed by atoms with Gasteiger partial charge in [0.1, 0.15) is 0 Å². The predicted octanol–water partition coefficient (Wildman–Crippen LogP) is 14.3. The first-order chi connectivity index (χ1) is 28.8. The maximum Gasteiger partial charge on any atom is 0.160 e. The summed E-state index contributed by atoms with van der Waals surface area (Å²) in [7, 11) is 0. The SMILES string of the molecule is c1ccc(-c2cc(-c3ccc(-c4nc5ccccc5c5c4sc4ccccc45)c4ccccc34)nc(-c3cccc(-n4c5ccccc5c5ccccc54)c3)n2)cc1. The maximum atomic E-state index is 5.38. The molecular weight excluding hydrogens is 725 g/mol. The van der Waals surface area contributed by atoms with Gasteiger partial charge in [0.05, 0.1) is 38.3 Å². The summed E-state index contributed by atoms with van der Waals surface area (Å²) in [4.78, 5) is 16.0. The van der Waals surface area contributed by atoms with Gasteiger partial charge in [-0.3, -0.25) is 0 Å². The molecule has 0 saturated carbocycles. The van der Waals surface area contributed by atoms with E-state index in [4.69, 9.17) is 15.0 Å². The molecule has 0 atom stereocenters. The second-order valence-corrected chi connectivity index (χ2v) is 15.8. The summed E-state index contributed by atoms with van der Waals surface area (Å²) < 4.78 is 4.81. The van der Waals surface area contributed by atoms with Gasteiger partial charge < -0.3 is 4.57 Å². The van der Waals surface area contributed by atoms with Crippen molar-refractivity contribution in [1.82, 2.24) is 19.5 Å². The van der Waals surface area contributed by atoms with E-state index in [0.29, 0.717) is 5.82 Å². The number of aromatic nitrogens is 4. The first-order valence-electron chi connectivity index (χ1n) is 19.5. The molecule has 0 saturated heterocycles. The van der Waals surface area contributed by atoms with Crippen LogP contribution in [0.3, 0.4) is 0 Å². The Bertz CT molecular complexity index is 3530. The van der Waals surface area contributed by atoms with Gasteiger partial charge in [0.2, 0.25) is 0 Å². The van der Waals surface area contributed by atoms with Crippen LogP contribution < -0.4 is 0 Å². The monoisotopic (exact) mass is 756 g/mol. The van der Waals surface area contributed by atoms with Gasteiger partial charge in [-0.25, -0.2) is 15.0 Å². The highest BCUT2D eigenvalue weighted by Gasteiger charge is 2.20. The van der Waals surface area contributed by atoms with Crippen LogP contribution in [0.4, 0.5) is 0 Å². The molecular formula is C53H32N4S. The molecule has 4 aromatic heterocycles. The van der Waals surface area contributed by atoms with Crippen LogP contribution in [0.15, 0.2) is 194 Å². The van der Waals surface area contributed by atoms with Crippen LogP contribution >= 0.6 is 11.3 Å². The highest BCUT2D eigenvalue weighted by Crippen LogP contribution is 2.45. The van der Waals surface area contributed by atoms with Crippen molar-refractivity contribution in [3.05, 3.63) is 194 Å². The summed E-state index contributed by atoms with van der Waals surface area (Å²) in [6, 6.07) is 68.8. The molecule has 8 aromatic carbocycles. The number of para-hydroxylation sites is 3. The number of hydrogen-bond donors (Lipinski definition) is 0. The normalized spacial score (nSPS) is 11.8. The maximum absolute atomic E-state index is 5.38. The molecule has 0 aliphatic carbocycles. The van der Waals surface area contributed by atoms with E-state index in [1.807, 2.05) is 17.4 Å². The minimum atomic E-state index is 0.676. The molecule has 58 heavy (non-hydrogen) atoms. The van der Waals surface area contributed by atoms with Crippen LogP contribution in [0, 0.1) is 0 Å². The minimum absolute atomic E-state index is 0.676. The van der Waals surface area contributed by atoms with Crippen LogP contribution in [0.5, 0.6) is 0 Å². The second kappa shape index (κ2) is 13.1. The third-order valence-electron chi connectivity index (χ3n) is 11.4. The zero-order valence-corrected chi connectivity index (χ0v) is 32.0. The Kier molecular flexibility index (Phi) is 7.37. The Balaban J connectivity index is 1.07. The van der Waals surface area contributed by atoms with Crippen LogP contribution in [-0.2, 0) is 0 Å². The summed E-state index contributed by atoms with van der Waals surface area (Å²) in [6.45, 7) is 0. The minimum Gasteiger partial charge on any atom is -0.309 e. The van der Waals surface area contributed by atoms with Crippen molar-refractivity contribution >= 4 is 75.0 Å². The first-order valence-corrected chi connectivity index (χ1v) is 20.3. The van der Waals surface area contributed by atoms with Crippen molar-refractivity contribution < 1.29 is 0 Å². The third kappa shape index (κ3) is 5.11. The summed E-state index contributed by atoms with van der Waals surface area (Å²) >= 11 is 1.82. The Morgan fingerprint density at radius 2 is 0.983 bits per heavy atom. The van der Waals surface area contributed by atoms with E-state index in [2.05, 4.69) is 193 Å². The van der Waals surface area contributed by atoms with Gasteiger partial charge in [-0.15, -0.1) is 11.3 Å². The molecule has 0 bridgehead atoms. The van der Waals surface area contributed by atoms with Crippen molar-refractivity contribution in [2.24, 2.45) is 0 Å². The zero-order valence-electron chi connectivity index (χ0n) is 31.2. The molecule has 12 rings (SSSR count). The first kappa shape index (κ1) is 32.7. The lowest BCUT2D eigenvalue weighted by Crippen LogP contribution is -1.99. The molecule has 0 unspecified atom stereocenters. The molecule has 12 aromatic rings. The van der Waals surface area contributed by atoms with Crippen LogP contribution in [-0.4, -0.2) is 19.5 Å². The van der Waals surface area contributed by atoms with Gasteiger partial charge in [-0.2, -0.15) is 0 Å². The third-order valence-corrected chi connectivity index (χ3v) is 12.6. The summed E-state index contributed by atoms with van der Waals surface area (Å²) in [5.41, 5.74) is 11.3. The number of fused-ring (bicyclic) bond motifs is 9. The smallest absolute Gasteiger partial charge is 0.160 e. The van der Waals surface area contributed by atoms with Crippen LogP contribution in [0.25, 0.3) is 115 Å². The fraction of sp³-hybridized carbons (Fsp3) is 0. The number of pyridine rings is 1. The highest BCUT2D eigenvalue weighted by atomic mass is 32.1. The molecule has 0 fully saturated rings. The molecule has 0 aliphatic heterocycles. The molecule has 4 heterocycles. The van der Waals surface area contributed by atoms with E-state index in [1.54, 1.807) is 0 Å². The van der Waals surface area contributed by atoms with Gasteiger partial charge in [0.25, 0.3) is 0 Å². The van der Waals surface area contributed by atoms with Gasteiger partial charge in [0.15, 0.2) is 5.82 Å². The van der Waals surface area contributed by atoms with Crippen molar-refractivity contribution in [3.63, 3.8) is 0 Å². The van der Waals surface area contributed by atoms with E-state index in [9.17, 15) is 0 Å². The molecule has 270 valence electrons. The molecule has 5 heteroatoms. The molecule has 0 amide bonds. The van der Waals surface area contributed by atoms with E-state index in [1.165, 1.54) is 47.4 Å². The van der Waals surface area contributed by atoms with E-state index < -0.39 is 0 Å². The fourth-order valence-corrected chi connectivity index (χ4v) is 10.0. The van der Waals surface area contributed by atoms with E-state index in [0.717, 1.165) is 61.3 Å². The summed E-state index contributed by atoms with van der Waals surface area (Å²) in [5.74, 6) is 0.676. The van der Waals surface area contributed by atoms with Crippen molar-refractivity contribution in [3.8, 4) is 50.8 Å². The van der Waals surface area contributed by atoms with Gasteiger partial charge >= 0.3 is 0 Å². The van der Waals surface area contributed by atoms with E-state index >= 15 is 0 Å². The zero-order chi connectivity index (χ0) is 38.2. The lowest BCUT2D eigenvalue weighted by atomic mass is 9.94. The number of thiophene rings is 1. The average Bonchev–Trinajstić information content (AvgIpc) is 3.86. The lowest BCUT2D eigenvalue weighted by molar-refractivity contribution is 1.16. The number of benzene rings is 8. The topological polar surface area (TPSA) is 43.6 Å². The second-order valence-electron chi connectivity index (χ2n) is 14.7. The molecule has 0 spiro atoms. The van der Waals surface area contributed by atoms with Crippen LogP contribution in [0.2, 0.25) is 0 Å². The quantitative estimate of drug-likeness (QED) is 0.176. The standard InChI is InChI=1S/C53H32N4S/c1-2-15-33(16-3-1)45-32-46(56-53(55-45)34-17-14-18-35(31-34)57-47-26-11-7-21-39(47)40-22-8-12-27-48(40)57)38-29-30-41(37-20-5-4-19-36(37)38)51-52-50(42-23-6-10-25-44(42)54-51)43-24-9-13-28-49(43)58-52/h1-32H. The number of nitrogens with zero attached hydrogens (tertiary/aromatic N) is 4. The molecule has 4 nitrogen and oxygen atoms in total. The lowest BCUT2D eigenvalue weighted by Gasteiger charge is -2.15. The fourth-order valence-electron chi connectivity index (χ4n) is 8.80. The Morgan fingerprint density at radius 3 is 1.76 bits per heavy atom. The van der Waals surface area contributed by atoms with E-state index in [-0.39, 0.29) is 0 Å².